The predicted molar refractivity (Wildman–Crippen MR) is 73.7 cm³/mol. The highest BCUT2D eigenvalue weighted by molar-refractivity contribution is 5.20. The van der Waals surface area contributed by atoms with Gasteiger partial charge in [-0.25, -0.2) is 4.98 Å². The lowest BCUT2D eigenvalue weighted by Gasteiger charge is -2.24. The van der Waals surface area contributed by atoms with Crippen molar-refractivity contribution >= 4 is 0 Å². The zero-order valence-electron chi connectivity index (χ0n) is 11.3. The highest BCUT2D eigenvalue weighted by Crippen LogP contribution is 2.29. The van der Waals surface area contributed by atoms with Gasteiger partial charge in [0.2, 0.25) is 5.88 Å². The zero-order chi connectivity index (χ0) is 12.6. The second-order valence-corrected chi connectivity index (χ2v) is 5.11. The molecule has 0 aromatic carbocycles. The third-order valence-corrected chi connectivity index (χ3v) is 3.56. The Labute approximate surface area is 110 Å². The number of rotatable bonds is 8. The largest absolute Gasteiger partial charge is 0.478 e. The maximum atomic E-state index is 5.72. The Balaban J connectivity index is 1.71. The van der Waals surface area contributed by atoms with Gasteiger partial charge < -0.3 is 10.1 Å². The fraction of sp³-hybridized carbons (Fsp3) is 0.667. The molecule has 0 saturated heterocycles. The third-order valence-electron chi connectivity index (χ3n) is 3.56. The van der Waals surface area contributed by atoms with E-state index in [2.05, 4.69) is 17.2 Å². The van der Waals surface area contributed by atoms with E-state index in [1.54, 1.807) is 0 Å². The summed E-state index contributed by atoms with van der Waals surface area (Å²) >= 11 is 0. The first-order chi connectivity index (χ1) is 8.88. The van der Waals surface area contributed by atoms with Crippen molar-refractivity contribution in [1.82, 2.24) is 10.3 Å². The quantitative estimate of drug-likeness (QED) is 0.718. The summed E-state index contributed by atoms with van der Waals surface area (Å²) in [6.45, 7) is 4.94. The molecule has 1 fully saturated rings. The number of aromatic nitrogens is 1. The molecule has 1 heterocycles. The average Bonchev–Trinajstić information content (AvgIpc) is 2.33. The summed E-state index contributed by atoms with van der Waals surface area (Å²) < 4.78 is 5.72. The molecular weight excluding hydrogens is 224 g/mol. The Morgan fingerprint density at radius 1 is 1.44 bits per heavy atom. The lowest BCUT2D eigenvalue weighted by atomic mass is 9.83. The van der Waals surface area contributed by atoms with Gasteiger partial charge in [-0.1, -0.05) is 26.2 Å². The van der Waals surface area contributed by atoms with Crippen molar-refractivity contribution in [2.75, 3.05) is 13.2 Å². The Kier molecular flexibility index (Phi) is 5.46. The van der Waals surface area contributed by atoms with Gasteiger partial charge in [-0.15, -0.1) is 0 Å². The van der Waals surface area contributed by atoms with Crippen molar-refractivity contribution in [2.24, 2.45) is 5.92 Å². The van der Waals surface area contributed by atoms with Gasteiger partial charge in [0.05, 0.1) is 6.61 Å². The van der Waals surface area contributed by atoms with Gasteiger partial charge in [0, 0.05) is 18.8 Å². The molecule has 1 aromatic rings. The van der Waals surface area contributed by atoms with E-state index in [0.29, 0.717) is 0 Å². The average molecular weight is 248 g/mol. The highest BCUT2D eigenvalue weighted by Gasteiger charge is 2.16. The number of nitrogens with zero attached hydrogens (tertiary/aromatic N) is 1. The summed E-state index contributed by atoms with van der Waals surface area (Å²) in [5.41, 5.74) is 1.25. The zero-order valence-corrected chi connectivity index (χ0v) is 11.3. The molecular formula is C15H24N2O. The van der Waals surface area contributed by atoms with Crippen molar-refractivity contribution in [2.45, 2.75) is 45.6 Å². The van der Waals surface area contributed by atoms with Gasteiger partial charge in [-0.3, -0.25) is 0 Å². The van der Waals surface area contributed by atoms with Gasteiger partial charge in [0.1, 0.15) is 0 Å². The van der Waals surface area contributed by atoms with Crippen LogP contribution in [0.1, 0.15) is 44.6 Å². The minimum Gasteiger partial charge on any atom is -0.478 e. The molecule has 0 unspecified atom stereocenters. The third kappa shape index (κ3) is 4.30. The normalized spacial score (nSPS) is 15.4. The van der Waals surface area contributed by atoms with Crippen molar-refractivity contribution in [3.05, 3.63) is 23.9 Å². The van der Waals surface area contributed by atoms with Crippen LogP contribution in [0.2, 0.25) is 0 Å². The van der Waals surface area contributed by atoms with Crippen molar-refractivity contribution in [1.29, 1.82) is 0 Å². The summed E-state index contributed by atoms with van der Waals surface area (Å²) in [4.78, 5) is 4.26. The van der Waals surface area contributed by atoms with E-state index < -0.39 is 0 Å². The van der Waals surface area contributed by atoms with Crippen molar-refractivity contribution < 1.29 is 4.74 Å². The molecule has 3 nitrogen and oxygen atoms in total. The number of hydrogen-bond acceptors (Lipinski definition) is 3. The summed E-state index contributed by atoms with van der Waals surface area (Å²) in [7, 11) is 0. The number of ether oxygens (including phenoxy) is 1. The molecule has 1 aliphatic carbocycles. The van der Waals surface area contributed by atoms with E-state index >= 15 is 0 Å². The Morgan fingerprint density at radius 2 is 2.33 bits per heavy atom. The minimum atomic E-state index is 0.769. The van der Waals surface area contributed by atoms with Crippen molar-refractivity contribution in [3.8, 4) is 5.88 Å². The Hall–Kier alpha value is -1.09. The van der Waals surface area contributed by atoms with Crippen LogP contribution in [0.4, 0.5) is 0 Å². The minimum absolute atomic E-state index is 0.769. The second kappa shape index (κ2) is 7.37. The fourth-order valence-electron chi connectivity index (χ4n) is 2.16. The number of hydrogen-bond donors (Lipinski definition) is 1. The van der Waals surface area contributed by atoms with Gasteiger partial charge in [-0.05, 0) is 36.9 Å². The van der Waals surface area contributed by atoms with Gasteiger partial charge in [0.25, 0.3) is 0 Å². The van der Waals surface area contributed by atoms with Gasteiger partial charge in [-0.2, -0.15) is 0 Å². The molecule has 2 rings (SSSR count). The predicted octanol–water partition coefficient (Wildman–Crippen LogP) is 3.15. The van der Waals surface area contributed by atoms with Crippen LogP contribution in [0.5, 0.6) is 5.88 Å². The maximum absolute atomic E-state index is 5.72. The smallest absolute Gasteiger partial charge is 0.213 e. The monoisotopic (exact) mass is 248 g/mol. The molecule has 3 heteroatoms. The SMILES string of the molecule is CCCNCc1ccnc(OCCC2CCC2)c1. The fourth-order valence-corrected chi connectivity index (χ4v) is 2.16. The van der Waals surface area contributed by atoms with E-state index in [1.165, 1.54) is 31.2 Å². The first-order valence-corrected chi connectivity index (χ1v) is 7.17. The topological polar surface area (TPSA) is 34.2 Å². The molecule has 100 valence electrons. The lowest BCUT2D eigenvalue weighted by molar-refractivity contribution is 0.217. The van der Waals surface area contributed by atoms with Crippen LogP contribution in [0.3, 0.4) is 0 Å². The van der Waals surface area contributed by atoms with E-state index in [9.17, 15) is 0 Å². The second-order valence-electron chi connectivity index (χ2n) is 5.11. The van der Waals surface area contributed by atoms with E-state index in [4.69, 9.17) is 4.74 Å². The molecule has 0 atom stereocenters. The molecule has 0 amide bonds. The van der Waals surface area contributed by atoms with E-state index in [-0.39, 0.29) is 0 Å². The molecule has 0 bridgehead atoms. The molecule has 0 spiro atoms. The van der Waals surface area contributed by atoms with Crippen LogP contribution in [0.25, 0.3) is 0 Å². The standard InChI is InChI=1S/C15H24N2O/c1-2-8-16-12-14-6-9-17-15(11-14)18-10-7-13-4-3-5-13/h6,9,11,13,16H,2-5,7-8,10,12H2,1H3. The molecule has 1 aromatic heterocycles. The van der Waals surface area contributed by atoms with Crippen LogP contribution in [-0.2, 0) is 6.54 Å². The molecule has 1 N–H and O–H groups in total. The van der Waals surface area contributed by atoms with E-state index in [1.807, 2.05) is 18.3 Å². The van der Waals surface area contributed by atoms with Crippen LogP contribution in [-0.4, -0.2) is 18.1 Å². The van der Waals surface area contributed by atoms with E-state index in [0.717, 1.165) is 37.9 Å². The maximum Gasteiger partial charge on any atom is 0.213 e. The summed E-state index contributed by atoms with van der Waals surface area (Å²) in [5, 5.41) is 3.39. The summed E-state index contributed by atoms with van der Waals surface area (Å²) in [5.74, 6) is 1.67. The first-order valence-electron chi connectivity index (χ1n) is 7.17. The van der Waals surface area contributed by atoms with Gasteiger partial charge in [0.15, 0.2) is 0 Å². The molecule has 18 heavy (non-hydrogen) atoms. The lowest BCUT2D eigenvalue weighted by Crippen LogP contribution is -2.15. The molecule has 0 radical (unpaired) electrons. The number of nitrogens with one attached hydrogen (secondary N) is 1. The van der Waals surface area contributed by atoms with Crippen LogP contribution < -0.4 is 10.1 Å². The van der Waals surface area contributed by atoms with Crippen molar-refractivity contribution in [3.63, 3.8) is 0 Å². The molecule has 1 saturated carbocycles. The highest BCUT2D eigenvalue weighted by atomic mass is 16.5. The summed E-state index contributed by atoms with van der Waals surface area (Å²) in [6, 6.07) is 4.09. The first kappa shape index (κ1) is 13.3. The van der Waals surface area contributed by atoms with Gasteiger partial charge >= 0.3 is 0 Å². The number of pyridine rings is 1. The van der Waals surface area contributed by atoms with Crippen LogP contribution in [0, 0.1) is 5.92 Å². The molecule has 1 aliphatic rings. The van der Waals surface area contributed by atoms with Crippen LogP contribution >= 0.6 is 0 Å². The Morgan fingerprint density at radius 3 is 3.06 bits per heavy atom. The summed E-state index contributed by atoms with van der Waals surface area (Å²) in [6.07, 6.45) is 8.36. The van der Waals surface area contributed by atoms with Crippen LogP contribution in [0.15, 0.2) is 18.3 Å². The Bertz CT molecular complexity index is 350. The molecule has 0 aliphatic heterocycles.